The van der Waals surface area contributed by atoms with Gasteiger partial charge in [0.05, 0.1) is 12.3 Å². The predicted octanol–water partition coefficient (Wildman–Crippen LogP) is 2.13. The number of para-hydroxylation sites is 1. The third-order valence-corrected chi connectivity index (χ3v) is 5.54. The van der Waals surface area contributed by atoms with E-state index in [1.165, 1.54) is 0 Å². The number of benzene rings is 2. The maximum absolute atomic E-state index is 12.6. The number of hydrogen-bond donors (Lipinski definition) is 3. The van der Waals surface area contributed by atoms with E-state index in [4.69, 9.17) is 4.74 Å². The van der Waals surface area contributed by atoms with Crippen LogP contribution in [0.2, 0.25) is 0 Å². The van der Waals surface area contributed by atoms with Crippen LogP contribution in [0.15, 0.2) is 47.4 Å². The summed E-state index contributed by atoms with van der Waals surface area (Å²) in [6.07, 6.45) is 1.97. The average molecular weight is 417 g/mol. The molecule has 2 amide bonds. The number of ether oxygens (including phenoxy) is 1. The highest BCUT2D eigenvalue weighted by molar-refractivity contribution is 7.98. The van der Waals surface area contributed by atoms with E-state index in [1.807, 2.05) is 62.6 Å². The fourth-order valence-corrected chi connectivity index (χ4v) is 3.52. The van der Waals surface area contributed by atoms with E-state index in [9.17, 15) is 9.59 Å². The monoisotopic (exact) mass is 416 g/mol. The lowest BCUT2D eigenvalue weighted by atomic mass is 10.1. The Balaban J connectivity index is 1.99. The second-order valence-corrected chi connectivity index (χ2v) is 7.74. The topological polar surface area (TPSA) is 71.9 Å². The van der Waals surface area contributed by atoms with Crippen LogP contribution in [0, 0.1) is 13.8 Å². The normalized spacial score (nSPS) is 11.7. The molecule has 1 atom stereocenters. The largest absolute Gasteiger partial charge is 0.379 e. The molecule has 3 N–H and O–H groups in total. The Bertz CT molecular complexity index is 842. The number of methoxy groups -OCH3 is 1. The van der Waals surface area contributed by atoms with Crippen molar-refractivity contribution in [1.29, 1.82) is 0 Å². The van der Waals surface area contributed by atoms with Gasteiger partial charge in [-0.2, -0.15) is 0 Å². The molecule has 2 rings (SSSR count). The Hall–Kier alpha value is -2.35. The Labute approximate surface area is 177 Å². The highest BCUT2D eigenvalue weighted by Crippen LogP contribution is 2.24. The molecule has 0 aliphatic heterocycles. The minimum Gasteiger partial charge on any atom is -0.379 e. The third kappa shape index (κ3) is 7.20. The number of nitrogens with one attached hydrogen (secondary N) is 3. The van der Waals surface area contributed by atoms with Crippen LogP contribution in [0.1, 0.15) is 11.1 Å². The molecule has 0 saturated heterocycles. The summed E-state index contributed by atoms with van der Waals surface area (Å²) < 4.78 is 5.16. The van der Waals surface area contributed by atoms with Gasteiger partial charge < -0.3 is 20.3 Å². The van der Waals surface area contributed by atoms with Gasteiger partial charge in [-0.25, -0.2) is 0 Å². The molecule has 1 unspecified atom stereocenters. The number of thioether (sulfide) groups is 1. The number of hydrogen-bond acceptors (Lipinski definition) is 4. The van der Waals surface area contributed by atoms with Gasteiger partial charge in [-0.3, -0.25) is 9.59 Å². The van der Waals surface area contributed by atoms with Crippen LogP contribution in [0.3, 0.4) is 0 Å². The first-order valence-electron chi connectivity index (χ1n) is 9.56. The van der Waals surface area contributed by atoms with Crippen molar-refractivity contribution < 1.29 is 19.2 Å². The van der Waals surface area contributed by atoms with Crippen molar-refractivity contribution >= 4 is 35.0 Å². The molecule has 0 radical (unpaired) electrons. The summed E-state index contributed by atoms with van der Waals surface area (Å²) in [5, 5.41) is 5.92. The minimum absolute atomic E-state index is 0.123. The molecule has 6 nitrogen and oxygen atoms in total. The number of amides is 2. The molecule has 0 heterocycles. The third-order valence-electron chi connectivity index (χ3n) is 4.74. The molecule has 2 aromatic carbocycles. The first-order chi connectivity index (χ1) is 13.9. The number of rotatable bonds is 10. The van der Waals surface area contributed by atoms with Gasteiger partial charge in [0.25, 0.3) is 11.8 Å². The van der Waals surface area contributed by atoms with Gasteiger partial charge in [-0.1, -0.05) is 24.3 Å². The van der Waals surface area contributed by atoms with Crippen LogP contribution in [-0.4, -0.2) is 51.4 Å². The van der Waals surface area contributed by atoms with Crippen molar-refractivity contribution in [3.8, 4) is 0 Å². The summed E-state index contributed by atoms with van der Waals surface area (Å²) in [4.78, 5) is 27.0. The number of aryl methyl sites for hydroxylation is 1. The van der Waals surface area contributed by atoms with Crippen molar-refractivity contribution in [1.82, 2.24) is 0 Å². The molecule has 0 bridgehead atoms. The molecule has 156 valence electrons. The standard InChI is InChI=1S/C22H29N3O3S/c1-16-8-7-10-18(17(16)2)23-21(26)14-25(12-13-28-3)15-22(27)24-19-9-5-6-11-20(19)29-4/h5-11H,12-15H2,1-4H3,(H,23,26)(H,24,27)/p+1. The highest BCUT2D eigenvalue weighted by Gasteiger charge is 2.19. The maximum Gasteiger partial charge on any atom is 0.279 e. The summed E-state index contributed by atoms with van der Waals surface area (Å²) in [7, 11) is 1.61. The van der Waals surface area contributed by atoms with Gasteiger partial charge in [0.2, 0.25) is 0 Å². The number of carbonyl (C=O) groups excluding carboxylic acids is 2. The lowest BCUT2D eigenvalue weighted by Gasteiger charge is -2.19. The zero-order valence-corrected chi connectivity index (χ0v) is 18.3. The van der Waals surface area contributed by atoms with Gasteiger partial charge in [0.1, 0.15) is 6.54 Å². The van der Waals surface area contributed by atoms with Crippen LogP contribution >= 0.6 is 11.8 Å². The lowest BCUT2D eigenvalue weighted by molar-refractivity contribution is -0.883. The van der Waals surface area contributed by atoms with Crippen LogP contribution < -0.4 is 15.5 Å². The summed E-state index contributed by atoms with van der Waals surface area (Å²) in [5.74, 6) is -0.251. The molecule has 0 aliphatic carbocycles. The number of quaternary nitrogens is 1. The van der Waals surface area contributed by atoms with E-state index in [0.29, 0.717) is 13.2 Å². The number of carbonyl (C=O) groups is 2. The molecular weight excluding hydrogens is 386 g/mol. The molecule has 7 heteroatoms. The fourth-order valence-electron chi connectivity index (χ4n) is 2.96. The molecule has 0 aromatic heterocycles. The van der Waals surface area contributed by atoms with Gasteiger partial charge in [0.15, 0.2) is 13.1 Å². The first-order valence-corrected chi connectivity index (χ1v) is 10.8. The van der Waals surface area contributed by atoms with E-state index in [0.717, 1.165) is 32.3 Å². The Morgan fingerprint density at radius 3 is 2.24 bits per heavy atom. The molecule has 29 heavy (non-hydrogen) atoms. The Kier molecular flexibility index (Phi) is 9.18. The molecule has 0 saturated carbocycles. The lowest BCUT2D eigenvalue weighted by Crippen LogP contribution is -3.14. The van der Waals surface area contributed by atoms with Gasteiger partial charge in [0, 0.05) is 17.7 Å². The average Bonchev–Trinajstić information content (AvgIpc) is 2.70. The van der Waals surface area contributed by atoms with Crippen molar-refractivity contribution in [3.05, 3.63) is 53.6 Å². The quantitative estimate of drug-likeness (QED) is 0.519. The minimum atomic E-state index is -0.128. The van der Waals surface area contributed by atoms with Crippen molar-refractivity contribution in [2.24, 2.45) is 0 Å². The highest BCUT2D eigenvalue weighted by atomic mass is 32.2. The number of anilines is 2. The molecule has 0 aliphatic rings. The maximum atomic E-state index is 12.6. The van der Waals surface area contributed by atoms with E-state index in [-0.39, 0.29) is 24.9 Å². The summed E-state index contributed by atoms with van der Waals surface area (Å²) >= 11 is 1.58. The van der Waals surface area contributed by atoms with Crippen molar-refractivity contribution in [2.75, 3.05) is 50.2 Å². The van der Waals surface area contributed by atoms with Crippen LogP contribution in [0.25, 0.3) is 0 Å². The van der Waals surface area contributed by atoms with Crippen LogP contribution in [0.5, 0.6) is 0 Å². The Morgan fingerprint density at radius 1 is 0.966 bits per heavy atom. The molecule has 2 aromatic rings. The van der Waals surface area contributed by atoms with Crippen LogP contribution in [0.4, 0.5) is 11.4 Å². The van der Waals surface area contributed by atoms with E-state index < -0.39 is 0 Å². The smallest absolute Gasteiger partial charge is 0.279 e. The second kappa shape index (κ2) is 11.6. The van der Waals surface area contributed by atoms with Crippen LogP contribution in [-0.2, 0) is 14.3 Å². The second-order valence-electron chi connectivity index (χ2n) is 6.89. The predicted molar refractivity (Wildman–Crippen MR) is 119 cm³/mol. The molecule has 0 fully saturated rings. The van der Waals surface area contributed by atoms with Gasteiger partial charge in [-0.05, 0) is 49.4 Å². The van der Waals surface area contributed by atoms with E-state index >= 15 is 0 Å². The SMILES string of the molecule is COCC[NH+](CC(=O)Nc1ccccc1SC)CC(=O)Nc1cccc(C)c1C. The summed E-state index contributed by atoms with van der Waals surface area (Å²) in [6.45, 7) is 5.41. The van der Waals surface area contributed by atoms with Crippen molar-refractivity contribution in [3.63, 3.8) is 0 Å². The fraction of sp³-hybridized carbons (Fsp3) is 0.364. The summed E-state index contributed by atoms with van der Waals surface area (Å²) in [5.41, 5.74) is 3.76. The molecule has 0 spiro atoms. The van der Waals surface area contributed by atoms with Gasteiger partial charge >= 0.3 is 0 Å². The van der Waals surface area contributed by atoms with Gasteiger partial charge in [-0.15, -0.1) is 11.8 Å². The first kappa shape index (κ1) is 22.9. The van der Waals surface area contributed by atoms with E-state index in [2.05, 4.69) is 10.6 Å². The van der Waals surface area contributed by atoms with E-state index in [1.54, 1.807) is 18.9 Å². The van der Waals surface area contributed by atoms with Crippen molar-refractivity contribution in [2.45, 2.75) is 18.7 Å². The zero-order chi connectivity index (χ0) is 21.2. The Morgan fingerprint density at radius 2 is 1.59 bits per heavy atom. The zero-order valence-electron chi connectivity index (χ0n) is 17.5. The summed E-state index contributed by atoms with van der Waals surface area (Å²) in [6, 6.07) is 13.5. The molecular formula is C22H30N3O3S+.